The summed E-state index contributed by atoms with van der Waals surface area (Å²) in [6, 6.07) is 4.55. The Morgan fingerprint density at radius 1 is 1.44 bits per heavy atom. The monoisotopic (exact) mass is 241 g/mol. The second-order valence-electron chi connectivity index (χ2n) is 4.48. The normalized spacial score (nSPS) is 19.2. The summed E-state index contributed by atoms with van der Waals surface area (Å²) in [6.45, 7) is 4.41. The molecule has 1 aromatic rings. The Bertz CT molecular complexity index is 445. The first-order valence-corrected chi connectivity index (χ1v) is 5.57. The van der Waals surface area contributed by atoms with Crippen molar-refractivity contribution in [2.45, 2.75) is 25.8 Å². The summed E-state index contributed by atoms with van der Waals surface area (Å²) in [7, 11) is 0. The van der Waals surface area contributed by atoms with Gasteiger partial charge in [-0.25, -0.2) is 4.39 Å². The molecule has 1 aliphatic rings. The van der Waals surface area contributed by atoms with Crippen LogP contribution in [0.3, 0.4) is 0 Å². The SMILES string of the molecule is CC1(C)C(=O)CCN1c1ccc(F)c(Cl)c1. The van der Waals surface area contributed by atoms with Gasteiger partial charge in [-0.15, -0.1) is 0 Å². The molecule has 1 fully saturated rings. The van der Waals surface area contributed by atoms with Gasteiger partial charge in [0, 0.05) is 18.7 Å². The van der Waals surface area contributed by atoms with Crippen molar-refractivity contribution >= 4 is 23.1 Å². The van der Waals surface area contributed by atoms with Gasteiger partial charge in [-0.05, 0) is 32.0 Å². The van der Waals surface area contributed by atoms with Crippen LogP contribution in [0.4, 0.5) is 10.1 Å². The molecule has 0 N–H and O–H groups in total. The fraction of sp³-hybridized carbons (Fsp3) is 0.417. The van der Waals surface area contributed by atoms with Crippen LogP contribution in [0, 0.1) is 5.82 Å². The zero-order valence-corrected chi connectivity index (χ0v) is 10.0. The highest BCUT2D eigenvalue weighted by atomic mass is 35.5. The van der Waals surface area contributed by atoms with Crippen LogP contribution in [0.2, 0.25) is 5.02 Å². The standard InChI is InChI=1S/C12H13ClFNO/c1-12(2)11(16)5-6-15(12)8-3-4-10(14)9(13)7-8/h3-4,7H,5-6H2,1-2H3. The van der Waals surface area contributed by atoms with Gasteiger partial charge in [-0.2, -0.15) is 0 Å². The number of hydrogen-bond donors (Lipinski definition) is 0. The average Bonchev–Trinajstić information content (AvgIpc) is 2.47. The maximum atomic E-state index is 13.0. The largest absolute Gasteiger partial charge is 0.359 e. The Kier molecular flexibility index (Phi) is 2.66. The van der Waals surface area contributed by atoms with Crippen LogP contribution in [0.15, 0.2) is 18.2 Å². The molecule has 2 nitrogen and oxygen atoms in total. The Morgan fingerprint density at radius 3 is 2.62 bits per heavy atom. The average molecular weight is 242 g/mol. The molecule has 1 aliphatic heterocycles. The lowest BCUT2D eigenvalue weighted by Gasteiger charge is -2.32. The summed E-state index contributed by atoms with van der Waals surface area (Å²) in [5, 5.41) is 0.0904. The molecule has 0 bridgehead atoms. The van der Waals surface area contributed by atoms with Gasteiger partial charge in [0.2, 0.25) is 0 Å². The zero-order valence-electron chi connectivity index (χ0n) is 9.26. The third-order valence-corrected chi connectivity index (χ3v) is 3.42. The van der Waals surface area contributed by atoms with E-state index in [1.165, 1.54) is 6.07 Å². The summed E-state index contributed by atoms with van der Waals surface area (Å²) in [4.78, 5) is 13.6. The molecular weight excluding hydrogens is 229 g/mol. The van der Waals surface area contributed by atoms with Gasteiger partial charge in [-0.1, -0.05) is 11.6 Å². The van der Waals surface area contributed by atoms with Gasteiger partial charge in [0.25, 0.3) is 0 Å². The van der Waals surface area contributed by atoms with E-state index in [4.69, 9.17) is 11.6 Å². The van der Waals surface area contributed by atoms with Crippen LogP contribution < -0.4 is 4.90 Å². The first-order chi connectivity index (χ1) is 7.43. The van der Waals surface area contributed by atoms with Crippen molar-refractivity contribution in [2.24, 2.45) is 0 Å². The van der Waals surface area contributed by atoms with Crippen molar-refractivity contribution in [3.63, 3.8) is 0 Å². The predicted molar refractivity (Wildman–Crippen MR) is 62.5 cm³/mol. The first-order valence-electron chi connectivity index (χ1n) is 5.19. The van der Waals surface area contributed by atoms with Crippen LogP contribution in [0.25, 0.3) is 0 Å². The molecule has 16 heavy (non-hydrogen) atoms. The van der Waals surface area contributed by atoms with Crippen molar-refractivity contribution in [3.8, 4) is 0 Å². The lowest BCUT2D eigenvalue weighted by molar-refractivity contribution is -0.120. The van der Waals surface area contributed by atoms with Gasteiger partial charge in [0.05, 0.1) is 10.6 Å². The Hall–Kier alpha value is -1.09. The van der Waals surface area contributed by atoms with E-state index in [-0.39, 0.29) is 10.8 Å². The van der Waals surface area contributed by atoms with E-state index in [1.807, 2.05) is 18.7 Å². The zero-order chi connectivity index (χ0) is 11.9. The Morgan fingerprint density at radius 2 is 2.12 bits per heavy atom. The minimum Gasteiger partial charge on any atom is -0.359 e. The molecule has 1 saturated heterocycles. The maximum Gasteiger partial charge on any atom is 0.159 e. The third kappa shape index (κ3) is 1.69. The highest BCUT2D eigenvalue weighted by Crippen LogP contribution is 2.33. The van der Waals surface area contributed by atoms with Crippen molar-refractivity contribution in [1.82, 2.24) is 0 Å². The van der Waals surface area contributed by atoms with E-state index in [2.05, 4.69) is 0 Å². The molecule has 1 aromatic carbocycles. The van der Waals surface area contributed by atoms with Crippen LogP contribution in [-0.2, 0) is 4.79 Å². The summed E-state index contributed by atoms with van der Waals surface area (Å²) in [5.41, 5.74) is 0.267. The molecular formula is C12H13ClFNO. The number of benzene rings is 1. The molecule has 86 valence electrons. The summed E-state index contributed by atoms with van der Waals surface area (Å²) >= 11 is 5.74. The van der Waals surface area contributed by atoms with E-state index in [9.17, 15) is 9.18 Å². The third-order valence-electron chi connectivity index (χ3n) is 3.13. The number of halogens is 2. The van der Waals surface area contributed by atoms with Crippen molar-refractivity contribution < 1.29 is 9.18 Å². The number of rotatable bonds is 1. The van der Waals surface area contributed by atoms with E-state index >= 15 is 0 Å². The summed E-state index contributed by atoms with van der Waals surface area (Å²) in [6.07, 6.45) is 0.530. The minimum atomic E-state index is -0.527. The predicted octanol–water partition coefficient (Wildman–Crippen LogP) is 3.04. The summed E-state index contributed by atoms with van der Waals surface area (Å²) in [5.74, 6) is -0.235. The molecule has 0 spiro atoms. The molecule has 0 aliphatic carbocycles. The number of carbonyl (C=O) groups is 1. The molecule has 4 heteroatoms. The quantitative estimate of drug-likeness (QED) is 0.753. The number of hydrogen-bond acceptors (Lipinski definition) is 2. The molecule has 1 heterocycles. The molecule has 0 atom stereocenters. The number of anilines is 1. The molecule has 2 rings (SSSR count). The van der Waals surface area contributed by atoms with E-state index < -0.39 is 11.4 Å². The Labute approximate surface area is 99.0 Å². The molecule has 0 saturated carbocycles. The number of ketones is 1. The highest BCUT2D eigenvalue weighted by Gasteiger charge is 2.40. The van der Waals surface area contributed by atoms with Crippen molar-refractivity contribution in [2.75, 3.05) is 11.4 Å². The second kappa shape index (κ2) is 3.74. The van der Waals surface area contributed by atoms with Gasteiger partial charge >= 0.3 is 0 Å². The molecule has 0 amide bonds. The van der Waals surface area contributed by atoms with E-state index in [0.29, 0.717) is 13.0 Å². The van der Waals surface area contributed by atoms with Gasteiger partial charge in [0.1, 0.15) is 5.82 Å². The van der Waals surface area contributed by atoms with E-state index in [1.54, 1.807) is 12.1 Å². The number of nitrogens with zero attached hydrogens (tertiary/aromatic N) is 1. The first kappa shape index (κ1) is 11.4. The van der Waals surface area contributed by atoms with Crippen molar-refractivity contribution in [1.29, 1.82) is 0 Å². The Balaban J connectivity index is 2.38. The number of carbonyl (C=O) groups excluding carboxylic acids is 1. The maximum absolute atomic E-state index is 13.0. The topological polar surface area (TPSA) is 20.3 Å². The highest BCUT2D eigenvalue weighted by molar-refractivity contribution is 6.31. The fourth-order valence-corrected chi connectivity index (χ4v) is 2.23. The fourth-order valence-electron chi connectivity index (χ4n) is 2.05. The molecule has 0 radical (unpaired) electrons. The van der Waals surface area contributed by atoms with Crippen LogP contribution in [-0.4, -0.2) is 17.9 Å². The molecule has 0 aromatic heterocycles. The van der Waals surface area contributed by atoms with Gasteiger partial charge in [0.15, 0.2) is 5.78 Å². The number of Topliss-reactive ketones (excluding diaryl/α,β-unsaturated/α-hetero) is 1. The van der Waals surface area contributed by atoms with E-state index in [0.717, 1.165) is 5.69 Å². The smallest absolute Gasteiger partial charge is 0.159 e. The summed E-state index contributed by atoms with van der Waals surface area (Å²) < 4.78 is 13.0. The van der Waals surface area contributed by atoms with Crippen LogP contribution in [0.5, 0.6) is 0 Å². The van der Waals surface area contributed by atoms with Crippen LogP contribution in [0.1, 0.15) is 20.3 Å². The van der Waals surface area contributed by atoms with Gasteiger partial charge in [-0.3, -0.25) is 4.79 Å². The lowest BCUT2D eigenvalue weighted by atomic mass is 10.00. The van der Waals surface area contributed by atoms with Crippen LogP contribution >= 0.6 is 11.6 Å². The second-order valence-corrected chi connectivity index (χ2v) is 4.89. The lowest BCUT2D eigenvalue weighted by Crippen LogP contribution is -2.42. The van der Waals surface area contributed by atoms with Crippen molar-refractivity contribution in [3.05, 3.63) is 29.0 Å². The van der Waals surface area contributed by atoms with Gasteiger partial charge < -0.3 is 4.90 Å². The molecule has 0 unspecified atom stereocenters. The minimum absolute atomic E-state index is 0.0904.